The maximum atomic E-state index is 11.5. The number of ether oxygens (including phenoxy) is 1. The van der Waals surface area contributed by atoms with Crippen LogP contribution in [0.5, 0.6) is 0 Å². The van der Waals surface area contributed by atoms with Gasteiger partial charge in [-0.3, -0.25) is 9.78 Å². The summed E-state index contributed by atoms with van der Waals surface area (Å²) in [5, 5.41) is 0. The van der Waals surface area contributed by atoms with E-state index in [0.717, 1.165) is 5.56 Å². The lowest BCUT2D eigenvalue weighted by molar-refractivity contribution is -0.121. The number of carbonyl (C=O) groups is 1. The number of hydrogen-bond donors (Lipinski definition) is 1. The van der Waals surface area contributed by atoms with Crippen LogP contribution in [0.4, 0.5) is 0 Å². The molecule has 1 heterocycles. The minimum absolute atomic E-state index is 0.0794. The van der Waals surface area contributed by atoms with Crippen LogP contribution in [0.15, 0.2) is 24.5 Å². The molecule has 0 spiro atoms. The zero-order valence-corrected chi connectivity index (χ0v) is 8.64. The van der Waals surface area contributed by atoms with Gasteiger partial charge in [-0.1, -0.05) is 6.07 Å². The minimum atomic E-state index is -0.635. The zero-order valence-electron chi connectivity index (χ0n) is 8.64. The predicted octanol–water partition coefficient (Wildman–Crippen LogP) is 0.613. The first-order chi connectivity index (χ1) is 7.21. The van der Waals surface area contributed by atoms with Gasteiger partial charge in [0, 0.05) is 19.0 Å². The molecule has 1 fully saturated rings. The van der Waals surface area contributed by atoms with Gasteiger partial charge in [-0.15, -0.1) is 0 Å². The number of hydrogen-bond acceptors (Lipinski definition) is 3. The van der Waals surface area contributed by atoms with Gasteiger partial charge in [0.25, 0.3) is 0 Å². The van der Waals surface area contributed by atoms with Crippen molar-refractivity contribution in [3.05, 3.63) is 30.1 Å². The summed E-state index contributed by atoms with van der Waals surface area (Å²) >= 11 is 0. The molecule has 15 heavy (non-hydrogen) atoms. The molecule has 0 bridgehead atoms. The van der Waals surface area contributed by atoms with Crippen molar-refractivity contribution < 1.29 is 9.53 Å². The fourth-order valence-corrected chi connectivity index (χ4v) is 1.97. The Balaban J connectivity index is 2.28. The maximum absolute atomic E-state index is 11.5. The molecule has 2 atom stereocenters. The molecule has 1 aliphatic rings. The normalized spacial score (nSPS) is 28.7. The molecule has 4 heteroatoms. The van der Waals surface area contributed by atoms with Crippen LogP contribution in [0.1, 0.15) is 18.9 Å². The molecule has 80 valence electrons. The van der Waals surface area contributed by atoms with Gasteiger partial charge in [-0.25, -0.2) is 0 Å². The highest BCUT2D eigenvalue weighted by molar-refractivity contribution is 5.91. The quantitative estimate of drug-likeness (QED) is 0.785. The number of nitrogens with zero attached hydrogens (tertiary/aromatic N) is 1. The summed E-state index contributed by atoms with van der Waals surface area (Å²) in [6, 6.07) is 3.68. The minimum Gasteiger partial charge on any atom is -0.377 e. The van der Waals surface area contributed by atoms with E-state index in [2.05, 4.69) is 4.98 Å². The number of primary amides is 1. The van der Waals surface area contributed by atoms with Crippen molar-refractivity contribution in [2.24, 2.45) is 5.73 Å². The first-order valence-electron chi connectivity index (χ1n) is 5.04. The van der Waals surface area contributed by atoms with Crippen LogP contribution in [-0.2, 0) is 14.9 Å². The molecule has 0 radical (unpaired) electrons. The maximum Gasteiger partial charge on any atom is 0.230 e. The highest BCUT2D eigenvalue weighted by Crippen LogP contribution is 2.50. The largest absolute Gasteiger partial charge is 0.377 e. The van der Waals surface area contributed by atoms with Crippen molar-refractivity contribution in [2.45, 2.75) is 24.9 Å². The smallest absolute Gasteiger partial charge is 0.230 e. The van der Waals surface area contributed by atoms with E-state index in [1.54, 1.807) is 18.5 Å². The van der Waals surface area contributed by atoms with Gasteiger partial charge in [0.2, 0.25) is 5.91 Å². The van der Waals surface area contributed by atoms with E-state index in [9.17, 15) is 4.79 Å². The van der Waals surface area contributed by atoms with Crippen molar-refractivity contribution in [1.82, 2.24) is 4.98 Å². The molecule has 0 aromatic carbocycles. The number of rotatable bonds is 4. The highest BCUT2D eigenvalue weighted by Gasteiger charge is 2.61. The molecule has 2 unspecified atom stereocenters. The van der Waals surface area contributed by atoms with Gasteiger partial charge in [-0.2, -0.15) is 0 Å². The second kappa shape index (κ2) is 3.62. The van der Waals surface area contributed by atoms with E-state index < -0.39 is 5.41 Å². The third-order valence-electron chi connectivity index (χ3n) is 2.88. The number of pyridine rings is 1. The molecule has 1 aliphatic carbocycles. The lowest BCUT2D eigenvalue weighted by atomic mass is 9.96. The third-order valence-corrected chi connectivity index (χ3v) is 2.88. The van der Waals surface area contributed by atoms with Gasteiger partial charge in [0.05, 0.1) is 6.10 Å². The molecular formula is C11H14N2O2. The van der Waals surface area contributed by atoms with Gasteiger partial charge >= 0.3 is 0 Å². The van der Waals surface area contributed by atoms with Crippen LogP contribution in [-0.4, -0.2) is 23.6 Å². The van der Waals surface area contributed by atoms with Gasteiger partial charge in [0.15, 0.2) is 0 Å². The summed E-state index contributed by atoms with van der Waals surface area (Å²) in [5.41, 5.74) is 5.66. The van der Waals surface area contributed by atoms with Crippen molar-refractivity contribution in [3.63, 3.8) is 0 Å². The summed E-state index contributed by atoms with van der Waals surface area (Å²) in [4.78, 5) is 15.5. The van der Waals surface area contributed by atoms with Crippen molar-refractivity contribution in [1.29, 1.82) is 0 Å². The second-order valence-electron chi connectivity index (χ2n) is 3.73. The summed E-state index contributed by atoms with van der Waals surface area (Å²) in [7, 11) is 0. The number of carbonyl (C=O) groups excluding carboxylic acids is 1. The summed E-state index contributed by atoms with van der Waals surface area (Å²) in [6.07, 6.45) is 3.95. The predicted molar refractivity (Wildman–Crippen MR) is 55.1 cm³/mol. The van der Waals surface area contributed by atoms with E-state index in [1.807, 2.05) is 13.0 Å². The Morgan fingerprint density at radius 1 is 1.80 bits per heavy atom. The fraction of sp³-hybridized carbons (Fsp3) is 0.455. The van der Waals surface area contributed by atoms with Crippen molar-refractivity contribution in [2.75, 3.05) is 6.61 Å². The lowest BCUT2D eigenvalue weighted by Crippen LogP contribution is -2.32. The SMILES string of the molecule is CCOC1CC1(C(N)=O)c1cccnc1. The summed E-state index contributed by atoms with van der Waals surface area (Å²) in [6.45, 7) is 2.51. The molecule has 1 aromatic rings. The molecule has 4 nitrogen and oxygen atoms in total. The van der Waals surface area contributed by atoms with Crippen LogP contribution in [0, 0.1) is 0 Å². The Morgan fingerprint density at radius 2 is 2.60 bits per heavy atom. The van der Waals surface area contributed by atoms with E-state index in [1.165, 1.54) is 0 Å². The average Bonchev–Trinajstić information content (AvgIpc) is 2.96. The monoisotopic (exact) mass is 206 g/mol. The fourth-order valence-electron chi connectivity index (χ4n) is 1.97. The Labute approximate surface area is 88.4 Å². The van der Waals surface area contributed by atoms with Gasteiger partial charge < -0.3 is 10.5 Å². The van der Waals surface area contributed by atoms with Gasteiger partial charge in [0.1, 0.15) is 5.41 Å². The van der Waals surface area contributed by atoms with E-state index in [4.69, 9.17) is 10.5 Å². The molecule has 1 aromatic heterocycles. The molecule has 2 N–H and O–H groups in total. The van der Waals surface area contributed by atoms with Crippen LogP contribution < -0.4 is 5.73 Å². The molecule has 1 amide bonds. The molecule has 1 saturated carbocycles. The van der Waals surface area contributed by atoms with Crippen LogP contribution in [0.3, 0.4) is 0 Å². The Kier molecular flexibility index (Phi) is 2.44. The first-order valence-corrected chi connectivity index (χ1v) is 5.04. The number of amides is 1. The van der Waals surface area contributed by atoms with Crippen LogP contribution in [0.2, 0.25) is 0 Å². The van der Waals surface area contributed by atoms with E-state index in [0.29, 0.717) is 13.0 Å². The zero-order chi connectivity index (χ0) is 10.9. The molecule has 0 aliphatic heterocycles. The highest BCUT2D eigenvalue weighted by atomic mass is 16.5. The Hall–Kier alpha value is -1.42. The Morgan fingerprint density at radius 3 is 3.13 bits per heavy atom. The summed E-state index contributed by atoms with van der Waals surface area (Å²) < 4.78 is 5.46. The van der Waals surface area contributed by atoms with Crippen molar-refractivity contribution >= 4 is 5.91 Å². The number of aromatic nitrogens is 1. The van der Waals surface area contributed by atoms with Crippen LogP contribution in [0.25, 0.3) is 0 Å². The summed E-state index contributed by atoms with van der Waals surface area (Å²) in [5.74, 6) is -0.325. The third kappa shape index (κ3) is 1.51. The lowest BCUT2D eigenvalue weighted by Gasteiger charge is -2.12. The Bertz CT molecular complexity index is 366. The topological polar surface area (TPSA) is 65.2 Å². The average molecular weight is 206 g/mol. The molecular weight excluding hydrogens is 192 g/mol. The first kappa shape index (κ1) is 10.1. The van der Waals surface area contributed by atoms with E-state index >= 15 is 0 Å². The van der Waals surface area contributed by atoms with Gasteiger partial charge in [-0.05, 0) is 25.0 Å². The van der Waals surface area contributed by atoms with Crippen molar-refractivity contribution in [3.8, 4) is 0 Å². The standard InChI is InChI=1S/C11H14N2O2/c1-2-15-9-6-11(9,10(12)14)8-4-3-5-13-7-8/h3-5,7,9H,2,6H2,1H3,(H2,12,14). The molecule has 2 rings (SSSR count). The second-order valence-corrected chi connectivity index (χ2v) is 3.73. The number of nitrogens with two attached hydrogens (primary N) is 1. The van der Waals surface area contributed by atoms with Crippen LogP contribution >= 0.6 is 0 Å². The van der Waals surface area contributed by atoms with E-state index in [-0.39, 0.29) is 12.0 Å². The molecule has 0 saturated heterocycles.